The van der Waals surface area contributed by atoms with Crippen molar-refractivity contribution in [3.05, 3.63) is 34.9 Å². The van der Waals surface area contributed by atoms with Crippen LogP contribution in [-0.2, 0) is 11.2 Å². The molecule has 1 rings (SSSR count). The molecule has 3 nitrogen and oxygen atoms in total. The molecule has 1 amide bonds. The Balaban J connectivity index is 2.27. The highest BCUT2D eigenvalue weighted by atomic mass is 16.6. The highest BCUT2D eigenvalue weighted by Crippen LogP contribution is 2.11. The summed E-state index contributed by atoms with van der Waals surface area (Å²) in [4.78, 5) is 11.4. The Kier molecular flexibility index (Phi) is 5.40. The average molecular weight is 263 g/mol. The van der Waals surface area contributed by atoms with Gasteiger partial charge in [-0.25, -0.2) is 4.79 Å². The van der Waals surface area contributed by atoms with Gasteiger partial charge >= 0.3 is 6.09 Å². The normalized spacial score (nSPS) is 11.2. The minimum atomic E-state index is -0.432. The molecule has 106 valence electrons. The lowest BCUT2D eigenvalue weighted by molar-refractivity contribution is 0.0527. The number of hydrogen-bond acceptors (Lipinski definition) is 2. The van der Waals surface area contributed by atoms with Crippen molar-refractivity contribution in [1.82, 2.24) is 5.32 Å². The summed E-state index contributed by atoms with van der Waals surface area (Å²) in [5, 5.41) is 2.77. The van der Waals surface area contributed by atoms with E-state index in [9.17, 15) is 4.79 Å². The summed E-state index contributed by atoms with van der Waals surface area (Å²) in [7, 11) is 0. The van der Waals surface area contributed by atoms with Gasteiger partial charge in [0.15, 0.2) is 0 Å². The van der Waals surface area contributed by atoms with Crippen LogP contribution < -0.4 is 5.32 Å². The topological polar surface area (TPSA) is 38.3 Å². The Morgan fingerprint density at radius 3 is 2.47 bits per heavy atom. The maximum atomic E-state index is 11.4. The minimum absolute atomic E-state index is 0.340. The quantitative estimate of drug-likeness (QED) is 0.840. The first-order valence-corrected chi connectivity index (χ1v) is 6.81. The van der Waals surface area contributed by atoms with Crippen LogP contribution >= 0.6 is 0 Å². The van der Waals surface area contributed by atoms with Crippen LogP contribution in [0.15, 0.2) is 18.2 Å². The number of aryl methyl sites for hydroxylation is 3. The van der Waals surface area contributed by atoms with Crippen LogP contribution in [0.25, 0.3) is 0 Å². The molecular weight excluding hydrogens is 238 g/mol. The molecule has 3 heteroatoms. The van der Waals surface area contributed by atoms with Crippen LogP contribution in [0.5, 0.6) is 0 Å². The van der Waals surface area contributed by atoms with Gasteiger partial charge in [0, 0.05) is 6.54 Å². The summed E-state index contributed by atoms with van der Waals surface area (Å²) >= 11 is 0. The Morgan fingerprint density at radius 1 is 1.21 bits per heavy atom. The molecule has 1 N–H and O–H groups in total. The first-order valence-electron chi connectivity index (χ1n) is 6.81. The molecule has 0 spiro atoms. The zero-order valence-corrected chi connectivity index (χ0v) is 12.7. The largest absolute Gasteiger partial charge is 0.444 e. The summed E-state index contributed by atoms with van der Waals surface area (Å²) < 4.78 is 5.17. The molecule has 0 fully saturated rings. The first kappa shape index (κ1) is 15.5. The molecule has 0 aliphatic heterocycles. The van der Waals surface area contributed by atoms with E-state index in [1.165, 1.54) is 16.7 Å². The third kappa shape index (κ3) is 6.27. The zero-order valence-electron chi connectivity index (χ0n) is 12.7. The standard InChI is InChI=1S/C16H25NO2/c1-12-8-9-14(11-13(12)2)7-6-10-17-15(18)19-16(3,4)5/h8-9,11H,6-7,10H2,1-5H3,(H,17,18). The van der Waals surface area contributed by atoms with Crippen molar-refractivity contribution in [2.75, 3.05) is 6.54 Å². The number of rotatable bonds is 4. The highest BCUT2D eigenvalue weighted by molar-refractivity contribution is 5.67. The molecule has 19 heavy (non-hydrogen) atoms. The molecular formula is C16H25NO2. The van der Waals surface area contributed by atoms with E-state index < -0.39 is 5.60 Å². The molecule has 0 aliphatic carbocycles. The number of ether oxygens (including phenoxy) is 1. The number of nitrogens with one attached hydrogen (secondary N) is 1. The van der Waals surface area contributed by atoms with Gasteiger partial charge in [-0.05, 0) is 64.2 Å². The van der Waals surface area contributed by atoms with Gasteiger partial charge in [0.1, 0.15) is 5.60 Å². The maximum Gasteiger partial charge on any atom is 0.407 e. The minimum Gasteiger partial charge on any atom is -0.444 e. The van der Waals surface area contributed by atoms with Gasteiger partial charge in [0.05, 0.1) is 0 Å². The molecule has 0 unspecified atom stereocenters. The Bertz CT molecular complexity index is 433. The van der Waals surface area contributed by atoms with Crippen molar-refractivity contribution in [2.24, 2.45) is 0 Å². The summed E-state index contributed by atoms with van der Waals surface area (Å²) in [5.41, 5.74) is 3.51. The fourth-order valence-corrected chi connectivity index (χ4v) is 1.76. The number of carbonyl (C=O) groups is 1. The van der Waals surface area contributed by atoms with Crippen LogP contribution in [0.3, 0.4) is 0 Å². The molecule has 0 aliphatic rings. The molecule has 0 heterocycles. The lowest BCUT2D eigenvalue weighted by atomic mass is 10.0. The van der Waals surface area contributed by atoms with Gasteiger partial charge < -0.3 is 10.1 Å². The van der Waals surface area contributed by atoms with E-state index in [2.05, 4.69) is 37.4 Å². The summed E-state index contributed by atoms with van der Waals surface area (Å²) in [6.07, 6.45) is 1.55. The summed E-state index contributed by atoms with van der Waals surface area (Å²) in [6, 6.07) is 6.50. The SMILES string of the molecule is Cc1ccc(CCCNC(=O)OC(C)(C)C)cc1C. The van der Waals surface area contributed by atoms with E-state index in [1.807, 2.05) is 20.8 Å². The molecule has 1 aromatic carbocycles. The maximum absolute atomic E-state index is 11.4. The summed E-state index contributed by atoms with van der Waals surface area (Å²) in [6.45, 7) is 10.5. The third-order valence-electron chi connectivity index (χ3n) is 2.88. The molecule has 0 bridgehead atoms. The monoisotopic (exact) mass is 263 g/mol. The van der Waals surface area contributed by atoms with E-state index in [0.29, 0.717) is 6.54 Å². The van der Waals surface area contributed by atoms with Crippen LogP contribution in [0.2, 0.25) is 0 Å². The van der Waals surface area contributed by atoms with E-state index in [1.54, 1.807) is 0 Å². The van der Waals surface area contributed by atoms with Crippen LogP contribution in [-0.4, -0.2) is 18.2 Å². The fourth-order valence-electron chi connectivity index (χ4n) is 1.76. The molecule has 0 radical (unpaired) electrons. The van der Waals surface area contributed by atoms with Crippen LogP contribution in [0.4, 0.5) is 4.79 Å². The van der Waals surface area contributed by atoms with Crippen molar-refractivity contribution >= 4 is 6.09 Å². The molecule has 0 aromatic heterocycles. The number of alkyl carbamates (subject to hydrolysis) is 1. The van der Waals surface area contributed by atoms with Gasteiger partial charge in [0.25, 0.3) is 0 Å². The summed E-state index contributed by atoms with van der Waals surface area (Å²) in [5.74, 6) is 0. The highest BCUT2D eigenvalue weighted by Gasteiger charge is 2.15. The second kappa shape index (κ2) is 6.60. The smallest absolute Gasteiger partial charge is 0.407 e. The van der Waals surface area contributed by atoms with Gasteiger partial charge in [-0.15, -0.1) is 0 Å². The second-order valence-corrected chi connectivity index (χ2v) is 5.95. The Labute approximate surface area is 116 Å². The second-order valence-electron chi connectivity index (χ2n) is 5.95. The van der Waals surface area contributed by atoms with Crippen molar-refractivity contribution in [3.63, 3.8) is 0 Å². The molecule has 1 aromatic rings. The van der Waals surface area contributed by atoms with Gasteiger partial charge in [-0.3, -0.25) is 0 Å². The van der Waals surface area contributed by atoms with Gasteiger partial charge in [-0.1, -0.05) is 18.2 Å². The third-order valence-corrected chi connectivity index (χ3v) is 2.88. The lowest BCUT2D eigenvalue weighted by Gasteiger charge is -2.19. The number of benzene rings is 1. The lowest BCUT2D eigenvalue weighted by Crippen LogP contribution is -2.33. The van der Waals surface area contributed by atoms with E-state index in [0.717, 1.165) is 12.8 Å². The molecule has 0 atom stereocenters. The van der Waals surface area contributed by atoms with Crippen molar-refractivity contribution in [3.8, 4) is 0 Å². The number of hydrogen-bond donors (Lipinski definition) is 1. The van der Waals surface area contributed by atoms with Gasteiger partial charge in [0.2, 0.25) is 0 Å². The zero-order chi connectivity index (χ0) is 14.5. The van der Waals surface area contributed by atoms with E-state index in [4.69, 9.17) is 4.74 Å². The number of amides is 1. The van der Waals surface area contributed by atoms with Crippen LogP contribution in [0.1, 0.15) is 43.9 Å². The molecule has 0 saturated heterocycles. The van der Waals surface area contributed by atoms with E-state index in [-0.39, 0.29) is 6.09 Å². The van der Waals surface area contributed by atoms with Crippen molar-refractivity contribution in [2.45, 2.75) is 53.1 Å². The van der Waals surface area contributed by atoms with Crippen LogP contribution in [0, 0.1) is 13.8 Å². The Morgan fingerprint density at radius 2 is 1.89 bits per heavy atom. The predicted molar refractivity (Wildman–Crippen MR) is 78.5 cm³/mol. The Hall–Kier alpha value is -1.51. The molecule has 0 saturated carbocycles. The van der Waals surface area contributed by atoms with Gasteiger partial charge in [-0.2, -0.15) is 0 Å². The van der Waals surface area contributed by atoms with E-state index >= 15 is 0 Å². The fraction of sp³-hybridized carbons (Fsp3) is 0.562. The van der Waals surface area contributed by atoms with Crippen molar-refractivity contribution in [1.29, 1.82) is 0 Å². The van der Waals surface area contributed by atoms with Crippen molar-refractivity contribution < 1.29 is 9.53 Å². The first-order chi connectivity index (χ1) is 8.78. The predicted octanol–water partition coefficient (Wildman–Crippen LogP) is 3.76. The average Bonchev–Trinajstić information content (AvgIpc) is 2.27. The number of carbonyl (C=O) groups excluding carboxylic acids is 1.